The largest absolute Gasteiger partial charge is 0.352 e. The zero-order valence-corrected chi connectivity index (χ0v) is 25.5. The standard InChI is InChI=1S/C33H41N3O4S/c1-23-13-15-31(16-14-23)41(39,40)36(30-19-25(3)17-26(4)20-30)22-32(37)35(21-28-10-8-9-24(2)18-28)27(5)33(38)34-29-11-6-7-12-29/h8-10,13-20,27,29H,6-7,11-12,21-22H2,1-5H3,(H,34,38)/t27-/m0/s1. The molecule has 41 heavy (non-hydrogen) atoms. The third kappa shape index (κ3) is 7.55. The molecule has 1 aliphatic carbocycles. The van der Waals surface area contributed by atoms with E-state index in [4.69, 9.17) is 0 Å². The van der Waals surface area contributed by atoms with Crippen molar-refractivity contribution in [2.75, 3.05) is 10.8 Å². The highest BCUT2D eigenvalue weighted by molar-refractivity contribution is 7.92. The summed E-state index contributed by atoms with van der Waals surface area (Å²) in [7, 11) is -4.09. The van der Waals surface area contributed by atoms with Crippen LogP contribution in [0.2, 0.25) is 0 Å². The summed E-state index contributed by atoms with van der Waals surface area (Å²) in [6.45, 7) is 9.12. The Bertz CT molecular complexity index is 1470. The van der Waals surface area contributed by atoms with Gasteiger partial charge in [-0.1, -0.05) is 66.4 Å². The van der Waals surface area contributed by atoms with Gasteiger partial charge in [-0.3, -0.25) is 13.9 Å². The number of benzene rings is 3. The van der Waals surface area contributed by atoms with Gasteiger partial charge in [0.1, 0.15) is 12.6 Å². The Morgan fingerprint density at radius 2 is 1.49 bits per heavy atom. The molecule has 0 radical (unpaired) electrons. The first-order valence-electron chi connectivity index (χ1n) is 14.3. The van der Waals surface area contributed by atoms with Crippen molar-refractivity contribution in [1.29, 1.82) is 0 Å². The van der Waals surface area contributed by atoms with Crippen LogP contribution in [0.1, 0.15) is 60.4 Å². The molecule has 0 bridgehead atoms. The molecule has 2 amide bonds. The smallest absolute Gasteiger partial charge is 0.264 e. The number of carbonyl (C=O) groups excluding carboxylic acids is 2. The molecule has 218 valence electrons. The van der Waals surface area contributed by atoms with E-state index in [0.717, 1.165) is 53.5 Å². The number of carbonyl (C=O) groups is 2. The summed E-state index contributed by atoms with van der Waals surface area (Å²) in [6.07, 6.45) is 4.01. The van der Waals surface area contributed by atoms with Gasteiger partial charge in [-0.05, 0) is 88.4 Å². The van der Waals surface area contributed by atoms with Gasteiger partial charge in [0.2, 0.25) is 11.8 Å². The monoisotopic (exact) mass is 575 g/mol. The summed E-state index contributed by atoms with van der Waals surface area (Å²) in [6, 6.07) is 19.2. The van der Waals surface area contributed by atoms with Gasteiger partial charge in [-0.2, -0.15) is 0 Å². The minimum atomic E-state index is -4.09. The average molecular weight is 576 g/mol. The first-order valence-corrected chi connectivity index (χ1v) is 15.7. The fourth-order valence-electron chi connectivity index (χ4n) is 5.44. The zero-order chi connectivity index (χ0) is 29.7. The number of sulfonamides is 1. The number of hydrogen-bond acceptors (Lipinski definition) is 4. The third-order valence-electron chi connectivity index (χ3n) is 7.69. The second-order valence-corrected chi connectivity index (χ2v) is 13.2. The highest BCUT2D eigenvalue weighted by Crippen LogP contribution is 2.27. The molecule has 0 saturated heterocycles. The van der Waals surface area contributed by atoms with Crippen molar-refractivity contribution in [2.24, 2.45) is 0 Å². The van der Waals surface area contributed by atoms with Crippen molar-refractivity contribution in [3.63, 3.8) is 0 Å². The third-order valence-corrected chi connectivity index (χ3v) is 9.47. The lowest BCUT2D eigenvalue weighted by atomic mass is 10.1. The van der Waals surface area contributed by atoms with Crippen LogP contribution in [-0.2, 0) is 26.2 Å². The number of aryl methyl sites for hydroxylation is 4. The molecule has 0 aromatic heterocycles. The molecule has 3 aromatic carbocycles. The summed E-state index contributed by atoms with van der Waals surface area (Å²) in [5, 5.41) is 3.11. The molecule has 7 nitrogen and oxygen atoms in total. The summed E-state index contributed by atoms with van der Waals surface area (Å²) >= 11 is 0. The van der Waals surface area contributed by atoms with E-state index in [-0.39, 0.29) is 23.4 Å². The molecule has 8 heteroatoms. The zero-order valence-electron chi connectivity index (χ0n) is 24.7. The van der Waals surface area contributed by atoms with Crippen LogP contribution in [0.15, 0.2) is 71.6 Å². The van der Waals surface area contributed by atoms with E-state index < -0.39 is 28.5 Å². The molecule has 0 heterocycles. The Morgan fingerprint density at radius 1 is 0.854 bits per heavy atom. The van der Waals surface area contributed by atoms with Crippen LogP contribution in [-0.4, -0.2) is 43.8 Å². The summed E-state index contributed by atoms with van der Waals surface area (Å²) in [5.74, 6) is -0.673. The summed E-state index contributed by atoms with van der Waals surface area (Å²) < 4.78 is 29.2. The van der Waals surface area contributed by atoms with Gasteiger partial charge in [0.05, 0.1) is 10.6 Å². The average Bonchev–Trinajstić information content (AvgIpc) is 3.42. The van der Waals surface area contributed by atoms with Gasteiger partial charge in [-0.15, -0.1) is 0 Å². The maximum atomic E-state index is 14.1. The Labute approximate surface area is 244 Å². The molecule has 1 aliphatic rings. The van der Waals surface area contributed by atoms with Crippen molar-refractivity contribution < 1.29 is 18.0 Å². The van der Waals surface area contributed by atoms with Crippen molar-refractivity contribution in [2.45, 2.75) is 83.8 Å². The first kappa shape index (κ1) is 30.3. The first-order chi connectivity index (χ1) is 19.4. The fraction of sp³-hybridized carbons (Fsp3) is 0.394. The van der Waals surface area contributed by atoms with Crippen molar-refractivity contribution in [3.8, 4) is 0 Å². The van der Waals surface area contributed by atoms with Crippen molar-refractivity contribution in [1.82, 2.24) is 10.2 Å². The maximum absolute atomic E-state index is 14.1. The second-order valence-electron chi connectivity index (χ2n) is 11.3. The van der Waals surface area contributed by atoms with Gasteiger partial charge in [0.25, 0.3) is 10.0 Å². The lowest BCUT2D eigenvalue weighted by molar-refractivity contribution is -0.139. The van der Waals surface area contributed by atoms with Crippen LogP contribution in [0.3, 0.4) is 0 Å². The Balaban J connectivity index is 1.71. The predicted molar refractivity (Wildman–Crippen MR) is 163 cm³/mol. The Morgan fingerprint density at radius 3 is 2.10 bits per heavy atom. The van der Waals surface area contributed by atoms with Gasteiger partial charge < -0.3 is 10.2 Å². The molecule has 1 atom stereocenters. The van der Waals surface area contributed by atoms with Crippen molar-refractivity contribution in [3.05, 3.63) is 94.5 Å². The molecule has 4 rings (SSSR count). The van der Waals surface area contributed by atoms with Crippen LogP contribution in [0.5, 0.6) is 0 Å². The van der Waals surface area contributed by atoms with Crippen molar-refractivity contribution >= 4 is 27.5 Å². The summed E-state index contributed by atoms with van der Waals surface area (Å²) in [4.78, 5) is 29.1. The SMILES string of the molecule is Cc1ccc(S(=O)(=O)N(CC(=O)N(Cc2cccc(C)c2)[C@@H](C)C(=O)NC2CCCC2)c2cc(C)cc(C)c2)cc1. The minimum absolute atomic E-state index is 0.104. The number of amides is 2. The summed E-state index contributed by atoms with van der Waals surface area (Å²) in [5.41, 5.74) is 5.03. The van der Waals surface area contributed by atoms with E-state index in [1.54, 1.807) is 43.3 Å². The fourth-order valence-corrected chi connectivity index (χ4v) is 6.84. The van der Waals surface area contributed by atoms with E-state index in [2.05, 4.69) is 5.32 Å². The Hall–Kier alpha value is -3.65. The lowest BCUT2D eigenvalue weighted by Crippen LogP contribution is -2.52. The van der Waals surface area contributed by atoms with Gasteiger partial charge in [0, 0.05) is 12.6 Å². The molecule has 0 unspecified atom stereocenters. The van der Waals surface area contributed by atoms with Crippen LogP contribution >= 0.6 is 0 Å². The molecular formula is C33H41N3O4S. The highest BCUT2D eigenvalue weighted by Gasteiger charge is 2.33. The van der Waals surface area contributed by atoms with Crippen LogP contribution in [0, 0.1) is 27.7 Å². The van der Waals surface area contributed by atoms with E-state index in [1.165, 1.54) is 9.21 Å². The predicted octanol–water partition coefficient (Wildman–Crippen LogP) is 5.59. The van der Waals surface area contributed by atoms with E-state index in [1.807, 2.05) is 58.0 Å². The Kier molecular flexibility index (Phi) is 9.53. The molecule has 0 aliphatic heterocycles. The lowest BCUT2D eigenvalue weighted by Gasteiger charge is -2.32. The number of nitrogens with one attached hydrogen (secondary N) is 1. The maximum Gasteiger partial charge on any atom is 0.264 e. The van der Waals surface area contributed by atoms with Crippen LogP contribution < -0.4 is 9.62 Å². The van der Waals surface area contributed by atoms with Gasteiger partial charge >= 0.3 is 0 Å². The number of hydrogen-bond donors (Lipinski definition) is 1. The second kappa shape index (κ2) is 12.9. The van der Waals surface area contributed by atoms with Crippen LogP contribution in [0.4, 0.5) is 5.69 Å². The van der Waals surface area contributed by atoms with E-state index in [0.29, 0.717) is 5.69 Å². The van der Waals surface area contributed by atoms with Gasteiger partial charge in [-0.25, -0.2) is 8.42 Å². The number of anilines is 1. The van der Waals surface area contributed by atoms with Crippen LogP contribution in [0.25, 0.3) is 0 Å². The normalized spacial score (nSPS) is 14.5. The van der Waals surface area contributed by atoms with E-state index in [9.17, 15) is 18.0 Å². The topological polar surface area (TPSA) is 86.8 Å². The quantitative estimate of drug-likeness (QED) is 0.341. The molecule has 3 aromatic rings. The molecule has 1 fully saturated rings. The van der Waals surface area contributed by atoms with E-state index >= 15 is 0 Å². The molecular weight excluding hydrogens is 534 g/mol. The highest BCUT2D eigenvalue weighted by atomic mass is 32.2. The molecule has 1 saturated carbocycles. The molecule has 1 N–H and O–H groups in total. The minimum Gasteiger partial charge on any atom is -0.352 e. The van der Waals surface area contributed by atoms with Gasteiger partial charge in [0.15, 0.2) is 0 Å². The number of rotatable bonds is 10. The molecule has 0 spiro atoms. The number of nitrogens with zero attached hydrogens (tertiary/aromatic N) is 2.